The maximum atomic E-state index is 11.8. The van der Waals surface area contributed by atoms with Gasteiger partial charge in [-0.2, -0.15) is 0 Å². The number of rotatable bonds is 16. The quantitative estimate of drug-likeness (QED) is 0.176. The normalized spacial score (nSPS) is 23.9. The van der Waals surface area contributed by atoms with Gasteiger partial charge in [0.1, 0.15) is 12.7 Å². The number of esters is 4. The minimum Gasteiger partial charge on any atom is -0.463 e. The topological polar surface area (TPSA) is 124 Å². The molecule has 1 aliphatic rings. The van der Waals surface area contributed by atoms with Gasteiger partial charge in [-0.25, -0.2) is 0 Å². The van der Waals surface area contributed by atoms with Gasteiger partial charge in [-0.05, 0) is 6.42 Å². The van der Waals surface area contributed by atoms with E-state index < -0.39 is 54.6 Å². The van der Waals surface area contributed by atoms with E-state index in [0.717, 1.165) is 19.3 Å². The van der Waals surface area contributed by atoms with Crippen LogP contribution in [0.3, 0.4) is 0 Å². The number of unbranched alkanes of at least 4 members (excludes halogenated alkanes) is 8. The summed E-state index contributed by atoms with van der Waals surface area (Å²) in [6, 6.07) is 0. The largest absolute Gasteiger partial charge is 0.463 e. The zero-order chi connectivity index (χ0) is 26.2. The standard InChI is InChI=1S/C25H42O10/c1-6-7-8-9-10-11-12-13-14-15-30-25-24(34-20(5)29)23(33-19(4)28)22(32-18(3)27)21(35-25)16-31-17(2)26/h21-25H,6-16H2,1-5H3/t21-,22-,23+,24-,25-/m1/s1. The lowest BCUT2D eigenvalue weighted by Gasteiger charge is -2.44. The number of hydrogen-bond donors (Lipinski definition) is 0. The fourth-order valence-electron chi connectivity index (χ4n) is 3.94. The van der Waals surface area contributed by atoms with E-state index >= 15 is 0 Å². The van der Waals surface area contributed by atoms with Crippen molar-refractivity contribution in [2.24, 2.45) is 0 Å². The SMILES string of the molecule is CCCCCCCCCCCO[C@@H]1O[C@H](COC(C)=O)[C@@H](OC(C)=O)[C@H](OC(C)=O)[C@H]1OC(C)=O. The van der Waals surface area contributed by atoms with Crippen LogP contribution in [-0.2, 0) is 47.6 Å². The Labute approximate surface area is 208 Å². The Kier molecular flexibility index (Phi) is 15.2. The summed E-state index contributed by atoms with van der Waals surface area (Å²) < 4.78 is 33.0. The lowest BCUT2D eigenvalue weighted by molar-refractivity contribution is -0.308. The Morgan fingerprint density at radius 1 is 0.629 bits per heavy atom. The van der Waals surface area contributed by atoms with Gasteiger partial charge in [0.15, 0.2) is 24.6 Å². The average molecular weight is 503 g/mol. The Morgan fingerprint density at radius 3 is 1.63 bits per heavy atom. The molecule has 0 bridgehead atoms. The average Bonchev–Trinajstić information content (AvgIpc) is 2.76. The van der Waals surface area contributed by atoms with Crippen molar-refractivity contribution in [2.45, 2.75) is 123 Å². The molecule has 0 amide bonds. The van der Waals surface area contributed by atoms with Gasteiger partial charge < -0.3 is 28.4 Å². The molecule has 0 spiro atoms. The molecule has 0 aliphatic carbocycles. The highest BCUT2D eigenvalue weighted by Gasteiger charge is 2.52. The van der Waals surface area contributed by atoms with Gasteiger partial charge >= 0.3 is 23.9 Å². The molecular weight excluding hydrogens is 460 g/mol. The van der Waals surface area contributed by atoms with Crippen molar-refractivity contribution in [3.8, 4) is 0 Å². The molecule has 10 heteroatoms. The molecule has 1 saturated heterocycles. The zero-order valence-electron chi connectivity index (χ0n) is 21.7. The molecule has 0 aromatic carbocycles. The van der Waals surface area contributed by atoms with Gasteiger partial charge in [0.25, 0.3) is 0 Å². The smallest absolute Gasteiger partial charge is 0.303 e. The number of carbonyl (C=O) groups is 4. The molecule has 1 aliphatic heterocycles. The Morgan fingerprint density at radius 2 is 1.11 bits per heavy atom. The summed E-state index contributed by atoms with van der Waals surface area (Å²) in [6.45, 7) is 7.05. The summed E-state index contributed by atoms with van der Waals surface area (Å²) in [5, 5.41) is 0. The van der Waals surface area contributed by atoms with E-state index in [-0.39, 0.29) is 6.61 Å². The van der Waals surface area contributed by atoms with Crippen molar-refractivity contribution in [2.75, 3.05) is 13.2 Å². The van der Waals surface area contributed by atoms with Crippen LogP contribution in [-0.4, -0.2) is 67.8 Å². The highest BCUT2D eigenvalue weighted by atomic mass is 16.7. The van der Waals surface area contributed by atoms with Crippen LogP contribution in [0.4, 0.5) is 0 Å². The third-order valence-corrected chi connectivity index (χ3v) is 5.48. The van der Waals surface area contributed by atoms with Crippen LogP contribution in [0, 0.1) is 0 Å². The number of carbonyl (C=O) groups excluding carboxylic acids is 4. The second-order valence-electron chi connectivity index (χ2n) is 8.77. The summed E-state index contributed by atoms with van der Waals surface area (Å²) in [6.07, 6.45) is 4.62. The summed E-state index contributed by atoms with van der Waals surface area (Å²) in [5.41, 5.74) is 0. The molecular formula is C25H42O10. The van der Waals surface area contributed by atoms with Crippen molar-refractivity contribution in [1.82, 2.24) is 0 Å². The maximum absolute atomic E-state index is 11.8. The van der Waals surface area contributed by atoms with E-state index in [1.54, 1.807) is 0 Å². The van der Waals surface area contributed by atoms with Crippen molar-refractivity contribution in [3.63, 3.8) is 0 Å². The Hall–Kier alpha value is -2.20. The fraction of sp³-hybridized carbons (Fsp3) is 0.840. The first kappa shape index (κ1) is 30.8. The van der Waals surface area contributed by atoms with Gasteiger partial charge in [0.05, 0.1) is 0 Å². The van der Waals surface area contributed by atoms with Crippen LogP contribution >= 0.6 is 0 Å². The van der Waals surface area contributed by atoms with Crippen LogP contribution in [0.1, 0.15) is 92.4 Å². The maximum Gasteiger partial charge on any atom is 0.303 e. The summed E-state index contributed by atoms with van der Waals surface area (Å²) >= 11 is 0. The molecule has 5 atom stereocenters. The predicted octanol–water partition coefficient (Wildman–Crippen LogP) is 3.62. The molecule has 1 rings (SSSR count). The summed E-state index contributed by atoms with van der Waals surface area (Å²) in [7, 11) is 0. The van der Waals surface area contributed by atoms with Crippen LogP contribution in [0.5, 0.6) is 0 Å². The van der Waals surface area contributed by atoms with E-state index in [9.17, 15) is 19.2 Å². The van der Waals surface area contributed by atoms with Crippen molar-refractivity contribution >= 4 is 23.9 Å². The Bertz CT molecular complexity index is 665. The van der Waals surface area contributed by atoms with Gasteiger partial charge in [-0.3, -0.25) is 19.2 Å². The molecule has 202 valence electrons. The van der Waals surface area contributed by atoms with E-state index in [1.165, 1.54) is 66.2 Å². The third kappa shape index (κ3) is 12.9. The minimum absolute atomic E-state index is 0.268. The molecule has 0 aromatic rings. The van der Waals surface area contributed by atoms with Crippen molar-refractivity contribution in [1.29, 1.82) is 0 Å². The van der Waals surface area contributed by atoms with Crippen LogP contribution in [0.2, 0.25) is 0 Å². The number of hydrogen-bond acceptors (Lipinski definition) is 10. The Balaban J connectivity index is 2.83. The summed E-state index contributed by atoms with van der Waals surface area (Å²) in [5.74, 6) is -2.55. The first-order chi connectivity index (χ1) is 16.6. The van der Waals surface area contributed by atoms with Crippen LogP contribution < -0.4 is 0 Å². The molecule has 1 heterocycles. The second kappa shape index (κ2) is 17.3. The van der Waals surface area contributed by atoms with Crippen LogP contribution in [0.25, 0.3) is 0 Å². The highest BCUT2D eigenvalue weighted by Crippen LogP contribution is 2.30. The molecule has 1 fully saturated rings. The molecule has 0 N–H and O–H groups in total. The first-order valence-corrected chi connectivity index (χ1v) is 12.6. The third-order valence-electron chi connectivity index (χ3n) is 5.48. The van der Waals surface area contributed by atoms with Gasteiger partial charge in [-0.1, -0.05) is 58.3 Å². The molecule has 0 aromatic heterocycles. The molecule has 0 radical (unpaired) electrons. The van der Waals surface area contributed by atoms with Crippen molar-refractivity contribution < 1.29 is 47.6 Å². The van der Waals surface area contributed by atoms with E-state index in [0.29, 0.717) is 6.61 Å². The van der Waals surface area contributed by atoms with Crippen LogP contribution in [0.15, 0.2) is 0 Å². The molecule has 0 unspecified atom stereocenters. The minimum atomic E-state index is -1.21. The van der Waals surface area contributed by atoms with E-state index in [2.05, 4.69) is 6.92 Å². The van der Waals surface area contributed by atoms with Gasteiger partial charge in [0, 0.05) is 34.3 Å². The highest BCUT2D eigenvalue weighted by molar-refractivity contribution is 5.68. The van der Waals surface area contributed by atoms with Crippen molar-refractivity contribution in [3.05, 3.63) is 0 Å². The first-order valence-electron chi connectivity index (χ1n) is 12.6. The second-order valence-corrected chi connectivity index (χ2v) is 8.77. The lowest BCUT2D eigenvalue weighted by Crippen LogP contribution is -2.63. The monoisotopic (exact) mass is 502 g/mol. The van der Waals surface area contributed by atoms with E-state index in [4.69, 9.17) is 28.4 Å². The zero-order valence-corrected chi connectivity index (χ0v) is 21.7. The predicted molar refractivity (Wildman–Crippen MR) is 125 cm³/mol. The number of ether oxygens (including phenoxy) is 6. The fourth-order valence-corrected chi connectivity index (χ4v) is 3.94. The molecule has 35 heavy (non-hydrogen) atoms. The van der Waals surface area contributed by atoms with Gasteiger partial charge in [-0.15, -0.1) is 0 Å². The molecule has 10 nitrogen and oxygen atoms in total. The van der Waals surface area contributed by atoms with Gasteiger partial charge in [0.2, 0.25) is 0 Å². The van der Waals surface area contributed by atoms with E-state index in [1.807, 2.05) is 0 Å². The summed E-state index contributed by atoms with van der Waals surface area (Å²) in [4.78, 5) is 46.7. The molecule has 0 saturated carbocycles. The lowest BCUT2D eigenvalue weighted by atomic mass is 9.98.